The van der Waals surface area contributed by atoms with E-state index in [1.54, 1.807) is 0 Å². The van der Waals surface area contributed by atoms with Crippen molar-refractivity contribution in [3.05, 3.63) is 0 Å². The lowest BCUT2D eigenvalue weighted by Crippen LogP contribution is -2.59. The quantitative estimate of drug-likeness (QED) is 0.623. The van der Waals surface area contributed by atoms with Gasteiger partial charge in [-0.2, -0.15) is 0 Å². The van der Waals surface area contributed by atoms with Gasteiger partial charge in [-0.25, -0.2) is 0 Å². The van der Waals surface area contributed by atoms with E-state index < -0.39 is 11.5 Å². The van der Waals surface area contributed by atoms with Crippen LogP contribution in [0.25, 0.3) is 0 Å². The fraction of sp³-hybridized carbons (Fsp3) is 0.727. The van der Waals surface area contributed by atoms with Crippen LogP contribution in [0, 0.1) is 17.8 Å². The van der Waals surface area contributed by atoms with Crippen LogP contribution in [0.4, 0.5) is 0 Å². The number of carbonyl (C=O) groups is 3. The molecule has 3 rings (SSSR count). The molecule has 3 fully saturated rings. The van der Waals surface area contributed by atoms with Gasteiger partial charge < -0.3 is 10.8 Å². The molecule has 6 nitrogen and oxygen atoms in total. The van der Waals surface area contributed by atoms with Crippen LogP contribution in [-0.2, 0) is 14.4 Å². The molecule has 1 aliphatic heterocycles. The van der Waals surface area contributed by atoms with Crippen LogP contribution >= 0.6 is 0 Å². The third kappa shape index (κ3) is 1.40. The van der Waals surface area contributed by atoms with E-state index in [0.29, 0.717) is 6.42 Å². The molecular formula is C11H14N2O4. The Morgan fingerprint density at radius 3 is 2.29 bits per heavy atom. The zero-order valence-corrected chi connectivity index (χ0v) is 9.26. The first-order valence-corrected chi connectivity index (χ1v) is 5.82. The summed E-state index contributed by atoms with van der Waals surface area (Å²) in [6, 6.07) is 0. The molecule has 0 radical (unpaired) electrons. The number of hydrogen-bond acceptors (Lipinski definition) is 4. The topological polar surface area (TPSA) is 101 Å². The summed E-state index contributed by atoms with van der Waals surface area (Å²) in [5.41, 5.74) is 4.41. The Kier molecular flexibility index (Phi) is 1.93. The summed E-state index contributed by atoms with van der Waals surface area (Å²) >= 11 is 0. The van der Waals surface area contributed by atoms with Crippen molar-refractivity contribution in [2.75, 3.05) is 6.54 Å². The van der Waals surface area contributed by atoms with Crippen LogP contribution in [0.15, 0.2) is 0 Å². The van der Waals surface area contributed by atoms with Crippen molar-refractivity contribution in [2.24, 2.45) is 23.5 Å². The van der Waals surface area contributed by atoms with Gasteiger partial charge in [-0.15, -0.1) is 0 Å². The Morgan fingerprint density at radius 2 is 1.88 bits per heavy atom. The molecule has 3 unspecified atom stereocenters. The predicted molar refractivity (Wildman–Crippen MR) is 55.6 cm³/mol. The summed E-state index contributed by atoms with van der Waals surface area (Å²) in [5.74, 6) is -2.10. The first-order valence-electron chi connectivity index (χ1n) is 5.82. The monoisotopic (exact) mass is 238 g/mol. The molecule has 2 aliphatic carbocycles. The minimum absolute atomic E-state index is 0.113. The van der Waals surface area contributed by atoms with Gasteiger partial charge >= 0.3 is 5.97 Å². The number of piperidine rings is 1. The third-order valence-corrected chi connectivity index (χ3v) is 4.08. The number of amides is 2. The third-order valence-electron chi connectivity index (χ3n) is 4.08. The summed E-state index contributed by atoms with van der Waals surface area (Å²) in [6.45, 7) is -0.169. The lowest BCUT2D eigenvalue weighted by Gasteiger charge is -2.29. The number of carbonyl (C=O) groups excluding carboxylic acids is 2. The number of rotatable bonds is 4. The highest BCUT2D eigenvalue weighted by Gasteiger charge is 2.61. The number of nitrogens with two attached hydrogens (primary N) is 1. The molecule has 1 saturated heterocycles. The second-order valence-corrected chi connectivity index (χ2v) is 5.33. The van der Waals surface area contributed by atoms with E-state index in [0.717, 1.165) is 17.7 Å². The number of likely N-dealkylation sites (tertiary alicyclic amines) is 1. The molecular weight excluding hydrogens is 224 g/mol. The van der Waals surface area contributed by atoms with Crippen molar-refractivity contribution < 1.29 is 19.5 Å². The molecule has 0 aromatic heterocycles. The average Bonchev–Trinajstić information content (AvgIpc) is 3.15. The standard InChI is InChI=1S/C11H14N2O4/c12-11(10(16)17,5-1-2-5)4-13-8(14)6-3-7(6)9(13)15/h5-7H,1-4,12H2,(H,16,17). The number of hydrogen-bond donors (Lipinski definition) is 2. The van der Waals surface area contributed by atoms with Gasteiger partial charge in [-0.1, -0.05) is 0 Å². The molecule has 3 atom stereocenters. The normalized spacial score (nSPS) is 34.5. The van der Waals surface area contributed by atoms with E-state index in [4.69, 9.17) is 5.73 Å². The van der Waals surface area contributed by atoms with E-state index in [9.17, 15) is 19.5 Å². The van der Waals surface area contributed by atoms with E-state index in [-0.39, 0.29) is 36.1 Å². The van der Waals surface area contributed by atoms with E-state index >= 15 is 0 Å². The van der Waals surface area contributed by atoms with Crippen molar-refractivity contribution in [1.82, 2.24) is 4.90 Å². The van der Waals surface area contributed by atoms with Crippen molar-refractivity contribution in [3.63, 3.8) is 0 Å². The molecule has 1 heterocycles. The molecule has 0 spiro atoms. The molecule has 17 heavy (non-hydrogen) atoms. The minimum atomic E-state index is -1.46. The smallest absolute Gasteiger partial charge is 0.325 e. The van der Waals surface area contributed by atoms with Gasteiger partial charge in [0.2, 0.25) is 11.8 Å². The molecule has 0 aromatic rings. The predicted octanol–water partition coefficient (Wildman–Crippen LogP) is -0.817. The Morgan fingerprint density at radius 1 is 1.35 bits per heavy atom. The summed E-state index contributed by atoms with van der Waals surface area (Å²) in [5, 5.41) is 9.18. The number of fused-ring (bicyclic) bond motifs is 1. The van der Waals surface area contributed by atoms with Crippen molar-refractivity contribution in [2.45, 2.75) is 24.8 Å². The number of imide groups is 1. The van der Waals surface area contributed by atoms with Crippen molar-refractivity contribution in [3.8, 4) is 0 Å². The molecule has 92 valence electrons. The largest absolute Gasteiger partial charge is 0.480 e. The van der Waals surface area contributed by atoms with E-state index in [1.807, 2.05) is 0 Å². The van der Waals surface area contributed by atoms with Gasteiger partial charge in [0, 0.05) is 0 Å². The number of aliphatic carboxylic acids is 1. The van der Waals surface area contributed by atoms with Gasteiger partial charge in [0.15, 0.2) is 0 Å². The lowest BCUT2D eigenvalue weighted by atomic mass is 9.94. The Hall–Kier alpha value is -1.43. The van der Waals surface area contributed by atoms with Crippen LogP contribution in [-0.4, -0.2) is 39.9 Å². The minimum Gasteiger partial charge on any atom is -0.480 e. The SMILES string of the molecule is NC(CN1C(=O)C2CC2C1=O)(C(=O)O)C1CC1. The second kappa shape index (κ2) is 3.07. The van der Waals surface area contributed by atoms with Crippen LogP contribution in [0.2, 0.25) is 0 Å². The fourth-order valence-corrected chi connectivity index (χ4v) is 2.64. The summed E-state index contributed by atoms with van der Waals surface area (Å²) in [4.78, 5) is 35.8. The van der Waals surface area contributed by atoms with Gasteiger partial charge in [0.05, 0.1) is 18.4 Å². The van der Waals surface area contributed by atoms with E-state index in [2.05, 4.69) is 0 Å². The zero-order valence-electron chi connectivity index (χ0n) is 9.26. The molecule has 3 aliphatic rings. The maximum atomic E-state index is 11.8. The Bertz CT molecular complexity index is 411. The fourth-order valence-electron chi connectivity index (χ4n) is 2.64. The lowest BCUT2D eigenvalue weighted by molar-refractivity contribution is -0.149. The van der Waals surface area contributed by atoms with Gasteiger partial charge in [0.25, 0.3) is 0 Å². The molecule has 6 heteroatoms. The maximum absolute atomic E-state index is 11.8. The Balaban J connectivity index is 1.79. The maximum Gasteiger partial charge on any atom is 0.325 e. The molecule has 0 bridgehead atoms. The van der Waals surface area contributed by atoms with E-state index in [1.165, 1.54) is 0 Å². The Labute approximate surface area is 97.7 Å². The molecule has 0 aromatic carbocycles. The van der Waals surface area contributed by atoms with Gasteiger partial charge in [-0.3, -0.25) is 19.3 Å². The first-order chi connectivity index (χ1) is 7.95. The van der Waals surface area contributed by atoms with Crippen LogP contribution in [0.5, 0.6) is 0 Å². The second-order valence-electron chi connectivity index (χ2n) is 5.33. The van der Waals surface area contributed by atoms with Crippen LogP contribution < -0.4 is 5.73 Å². The van der Waals surface area contributed by atoms with Crippen LogP contribution in [0.3, 0.4) is 0 Å². The van der Waals surface area contributed by atoms with Crippen LogP contribution in [0.1, 0.15) is 19.3 Å². The average molecular weight is 238 g/mol. The summed E-state index contributed by atoms with van der Waals surface area (Å²) in [7, 11) is 0. The number of carboxylic acids is 1. The molecule has 2 saturated carbocycles. The summed E-state index contributed by atoms with van der Waals surface area (Å²) in [6.07, 6.45) is 2.14. The summed E-state index contributed by atoms with van der Waals surface area (Å²) < 4.78 is 0. The first kappa shape index (κ1) is 10.7. The zero-order chi connectivity index (χ0) is 12.4. The number of nitrogens with zero attached hydrogens (tertiary/aromatic N) is 1. The number of carboxylic acid groups (broad SMARTS) is 1. The van der Waals surface area contributed by atoms with Crippen molar-refractivity contribution in [1.29, 1.82) is 0 Å². The highest BCUT2D eigenvalue weighted by atomic mass is 16.4. The van der Waals surface area contributed by atoms with Crippen molar-refractivity contribution >= 4 is 17.8 Å². The van der Waals surface area contributed by atoms with Gasteiger partial charge in [-0.05, 0) is 25.2 Å². The highest BCUT2D eigenvalue weighted by molar-refractivity contribution is 6.09. The molecule has 3 N–H and O–H groups in total. The van der Waals surface area contributed by atoms with Gasteiger partial charge in [0.1, 0.15) is 5.54 Å². The highest BCUT2D eigenvalue weighted by Crippen LogP contribution is 2.48. The molecule has 2 amide bonds.